The zero-order chi connectivity index (χ0) is 15.5. The van der Waals surface area contributed by atoms with Gasteiger partial charge >= 0.3 is 0 Å². The SMILES string of the molecule is O=C(Nc1ccc(-n2ccnc2)nc1)c1cccc(Cl)c1Cl. The zero-order valence-corrected chi connectivity index (χ0v) is 12.7. The zero-order valence-electron chi connectivity index (χ0n) is 11.2. The van der Waals surface area contributed by atoms with Crippen LogP contribution in [-0.4, -0.2) is 20.4 Å². The molecule has 0 aliphatic carbocycles. The lowest BCUT2D eigenvalue weighted by Gasteiger charge is -2.08. The van der Waals surface area contributed by atoms with Gasteiger partial charge in [0.15, 0.2) is 0 Å². The summed E-state index contributed by atoms with van der Waals surface area (Å²) in [5.74, 6) is 0.362. The Morgan fingerprint density at radius 2 is 2.05 bits per heavy atom. The second-order valence-electron chi connectivity index (χ2n) is 4.43. The number of imidazole rings is 1. The van der Waals surface area contributed by atoms with E-state index in [2.05, 4.69) is 15.3 Å². The lowest BCUT2D eigenvalue weighted by molar-refractivity contribution is 0.102. The quantitative estimate of drug-likeness (QED) is 0.792. The van der Waals surface area contributed by atoms with Crippen molar-refractivity contribution in [2.45, 2.75) is 0 Å². The first-order valence-electron chi connectivity index (χ1n) is 6.35. The van der Waals surface area contributed by atoms with E-state index in [0.717, 1.165) is 0 Å². The van der Waals surface area contributed by atoms with Gasteiger partial charge in [0, 0.05) is 12.4 Å². The van der Waals surface area contributed by atoms with E-state index in [1.165, 1.54) is 0 Å². The number of benzene rings is 1. The molecule has 0 aliphatic rings. The van der Waals surface area contributed by atoms with Crippen LogP contribution in [0.3, 0.4) is 0 Å². The molecule has 0 spiro atoms. The van der Waals surface area contributed by atoms with E-state index < -0.39 is 0 Å². The van der Waals surface area contributed by atoms with Crippen LogP contribution in [0.2, 0.25) is 10.0 Å². The molecular weight excluding hydrogens is 323 g/mol. The minimum absolute atomic E-state index is 0.227. The van der Waals surface area contributed by atoms with E-state index in [1.54, 1.807) is 59.8 Å². The highest BCUT2D eigenvalue weighted by atomic mass is 35.5. The molecule has 7 heteroatoms. The third-order valence-electron chi connectivity index (χ3n) is 2.97. The third-order valence-corrected chi connectivity index (χ3v) is 3.79. The summed E-state index contributed by atoms with van der Waals surface area (Å²) in [5.41, 5.74) is 0.873. The van der Waals surface area contributed by atoms with Gasteiger partial charge in [-0.25, -0.2) is 9.97 Å². The van der Waals surface area contributed by atoms with Crippen molar-refractivity contribution in [3.05, 3.63) is 70.9 Å². The summed E-state index contributed by atoms with van der Waals surface area (Å²) in [7, 11) is 0. The Kier molecular flexibility index (Phi) is 4.09. The highest BCUT2D eigenvalue weighted by molar-refractivity contribution is 6.44. The van der Waals surface area contributed by atoms with E-state index in [1.807, 2.05) is 0 Å². The van der Waals surface area contributed by atoms with Gasteiger partial charge in [0.25, 0.3) is 5.91 Å². The van der Waals surface area contributed by atoms with Gasteiger partial charge in [0.05, 0.1) is 27.5 Å². The molecule has 0 atom stereocenters. The Morgan fingerprint density at radius 3 is 2.73 bits per heavy atom. The van der Waals surface area contributed by atoms with Crippen LogP contribution in [0.4, 0.5) is 5.69 Å². The number of nitrogens with zero attached hydrogens (tertiary/aromatic N) is 3. The van der Waals surface area contributed by atoms with Gasteiger partial charge in [0.2, 0.25) is 0 Å². The molecule has 2 aromatic heterocycles. The van der Waals surface area contributed by atoms with Crippen LogP contribution in [0.1, 0.15) is 10.4 Å². The van der Waals surface area contributed by atoms with Crippen molar-refractivity contribution in [3.8, 4) is 5.82 Å². The second-order valence-corrected chi connectivity index (χ2v) is 5.22. The maximum Gasteiger partial charge on any atom is 0.257 e. The summed E-state index contributed by atoms with van der Waals surface area (Å²) in [4.78, 5) is 20.4. The number of rotatable bonds is 3. The van der Waals surface area contributed by atoms with Crippen molar-refractivity contribution in [1.82, 2.24) is 14.5 Å². The van der Waals surface area contributed by atoms with E-state index in [9.17, 15) is 4.79 Å². The molecule has 2 heterocycles. The molecule has 22 heavy (non-hydrogen) atoms. The molecule has 5 nitrogen and oxygen atoms in total. The fourth-order valence-electron chi connectivity index (χ4n) is 1.88. The summed E-state index contributed by atoms with van der Waals surface area (Å²) >= 11 is 11.9. The average Bonchev–Trinajstić information content (AvgIpc) is 3.05. The van der Waals surface area contributed by atoms with Crippen molar-refractivity contribution in [3.63, 3.8) is 0 Å². The molecule has 0 fully saturated rings. The monoisotopic (exact) mass is 332 g/mol. The molecule has 0 saturated heterocycles. The van der Waals surface area contributed by atoms with Gasteiger partial charge in [-0.15, -0.1) is 0 Å². The molecule has 1 aromatic carbocycles. The number of aromatic nitrogens is 3. The molecular formula is C15H10Cl2N4O. The number of hydrogen-bond donors (Lipinski definition) is 1. The average molecular weight is 333 g/mol. The highest BCUT2D eigenvalue weighted by Gasteiger charge is 2.12. The van der Waals surface area contributed by atoms with Gasteiger partial charge in [-0.05, 0) is 24.3 Å². The topological polar surface area (TPSA) is 59.8 Å². The van der Waals surface area contributed by atoms with Gasteiger partial charge in [0.1, 0.15) is 12.1 Å². The summed E-state index contributed by atoms with van der Waals surface area (Å²) in [5, 5.41) is 3.29. The van der Waals surface area contributed by atoms with Gasteiger partial charge in [-0.2, -0.15) is 0 Å². The molecule has 1 N–H and O–H groups in total. The van der Waals surface area contributed by atoms with Crippen LogP contribution in [0.15, 0.2) is 55.2 Å². The molecule has 0 unspecified atom stereocenters. The number of pyridine rings is 1. The van der Waals surface area contributed by atoms with Crippen LogP contribution in [0.25, 0.3) is 5.82 Å². The number of carbonyl (C=O) groups excluding carboxylic acids is 1. The largest absolute Gasteiger partial charge is 0.321 e. The predicted octanol–water partition coefficient (Wildman–Crippen LogP) is 3.83. The summed E-state index contributed by atoms with van der Waals surface area (Å²) in [6.45, 7) is 0. The van der Waals surface area contributed by atoms with Crippen molar-refractivity contribution < 1.29 is 4.79 Å². The van der Waals surface area contributed by atoms with Gasteiger partial charge in [-0.1, -0.05) is 29.3 Å². The molecule has 0 saturated carbocycles. The fourth-order valence-corrected chi connectivity index (χ4v) is 2.27. The van der Waals surface area contributed by atoms with Crippen LogP contribution in [0, 0.1) is 0 Å². The Labute approximate surface area is 136 Å². The van der Waals surface area contributed by atoms with Crippen molar-refractivity contribution in [2.75, 3.05) is 5.32 Å². The molecule has 3 aromatic rings. The number of anilines is 1. The number of hydrogen-bond acceptors (Lipinski definition) is 3. The summed E-state index contributed by atoms with van der Waals surface area (Å²) < 4.78 is 1.76. The number of halogens is 2. The Morgan fingerprint density at radius 1 is 1.18 bits per heavy atom. The van der Waals surface area contributed by atoms with Gasteiger partial charge in [-0.3, -0.25) is 9.36 Å². The van der Waals surface area contributed by atoms with Crippen LogP contribution in [-0.2, 0) is 0 Å². The number of nitrogens with one attached hydrogen (secondary N) is 1. The third kappa shape index (κ3) is 2.95. The van der Waals surface area contributed by atoms with E-state index >= 15 is 0 Å². The minimum atomic E-state index is -0.343. The highest BCUT2D eigenvalue weighted by Crippen LogP contribution is 2.26. The van der Waals surface area contributed by atoms with Crippen LogP contribution >= 0.6 is 23.2 Å². The summed E-state index contributed by atoms with van der Waals surface area (Å²) in [6.07, 6.45) is 6.66. The molecule has 0 aliphatic heterocycles. The lowest BCUT2D eigenvalue weighted by atomic mass is 10.2. The predicted molar refractivity (Wildman–Crippen MR) is 85.8 cm³/mol. The normalized spacial score (nSPS) is 10.5. The van der Waals surface area contributed by atoms with Crippen molar-refractivity contribution >= 4 is 34.8 Å². The van der Waals surface area contributed by atoms with Crippen molar-refractivity contribution in [2.24, 2.45) is 0 Å². The van der Waals surface area contributed by atoms with E-state index in [-0.39, 0.29) is 10.9 Å². The van der Waals surface area contributed by atoms with E-state index in [4.69, 9.17) is 23.2 Å². The minimum Gasteiger partial charge on any atom is -0.321 e. The first kappa shape index (κ1) is 14.6. The lowest BCUT2D eigenvalue weighted by Crippen LogP contribution is -2.13. The fraction of sp³-hybridized carbons (Fsp3) is 0. The van der Waals surface area contributed by atoms with Gasteiger partial charge < -0.3 is 5.32 Å². The maximum atomic E-state index is 12.2. The first-order valence-corrected chi connectivity index (χ1v) is 7.10. The molecule has 0 radical (unpaired) electrons. The molecule has 0 bridgehead atoms. The first-order chi connectivity index (χ1) is 10.6. The van der Waals surface area contributed by atoms with E-state index in [0.29, 0.717) is 22.1 Å². The molecule has 110 valence electrons. The second kappa shape index (κ2) is 6.17. The van der Waals surface area contributed by atoms with Crippen LogP contribution in [0.5, 0.6) is 0 Å². The molecule has 3 rings (SSSR count). The Hall–Kier alpha value is -2.37. The standard InChI is InChI=1S/C15H10Cl2N4O/c16-12-3-1-2-11(14(12)17)15(22)20-10-4-5-13(19-8-10)21-7-6-18-9-21/h1-9H,(H,20,22). The number of amides is 1. The Bertz CT molecular complexity index is 801. The number of carbonyl (C=O) groups is 1. The summed E-state index contributed by atoms with van der Waals surface area (Å²) in [6, 6.07) is 8.43. The Balaban J connectivity index is 1.78. The van der Waals surface area contributed by atoms with Crippen LogP contribution < -0.4 is 5.32 Å². The maximum absolute atomic E-state index is 12.2. The smallest absolute Gasteiger partial charge is 0.257 e. The molecule has 1 amide bonds. The van der Waals surface area contributed by atoms with Crippen molar-refractivity contribution in [1.29, 1.82) is 0 Å².